The molecule has 2 aromatic carbocycles. The summed E-state index contributed by atoms with van der Waals surface area (Å²) in [6.07, 6.45) is 2.03. The zero-order valence-electron chi connectivity index (χ0n) is 12.5. The van der Waals surface area contributed by atoms with Crippen molar-refractivity contribution in [2.75, 3.05) is 20.2 Å². The molecule has 0 spiro atoms. The minimum Gasteiger partial charge on any atom is -0.490 e. The molecule has 0 saturated carbocycles. The Kier molecular flexibility index (Phi) is 5.85. The van der Waals surface area contributed by atoms with Gasteiger partial charge in [0.2, 0.25) is 0 Å². The van der Waals surface area contributed by atoms with Gasteiger partial charge in [0.25, 0.3) is 0 Å². The number of hydrogen-bond acceptors (Lipinski definition) is 3. The average Bonchev–Trinajstić information content (AvgIpc) is 2.54. The molecule has 0 saturated heterocycles. The van der Waals surface area contributed by atoms with Crippen molar-refractivity contribution < 1.29 is 9.47 Å². The van der Waals surface area contributed by atoms with Gasteiger partial charge in [-0.1, -0.05) is 42.5 Å². The van der Waals surface area contributed by atoms with Gasteiger partial charge in [-0.3, -0.25) is 0 Å². The maximum Gasteiger partial charge on any atom is 0.169 e. The van der Waals surface area contributed by atoms with E-state index in [0.29, 0.717) is 6.61 Å². The molecule has 0 aliphatic carbocycles. The lowest BCUT2D eigenvalue weighted by atomic mass is 10.2. The summed E-state index contributed by atoms with van der Waals surface area (Å²) in [6, 6.07) is 17.8. The summed E-state index contributed by atoms with van der Waals surface area (Å²) >= 11 is 0. The van der Waals surface area contributed by atoms with Gasteiger partial charge in [0.1, 0.15) is 5.76 Å². The first-order valence-electron chi connectivity index (χ1n) is 7.15. The van der Waals surface area contributed by atoms with E-state index in [9.17, 15) is 0 Å². The van der Waals surface area contributed by atoms with Crippen molar-refractivity contribution >= 4 is 5.76 Å². The summed E-state index contributed by atoms with van der Waals surface area (Å²) in [5.74, 6) is 2.30. The second-order valence-corrected chi connectivity index (χ2v) is 4.47. The Bertz CT molecular complexity index is 579. The molecule has 0 aliphatic heterocycles. The van der Waals surface area contributed by atoms with Gasteiger partial charge in [-0.25, -0.2) is 0 Å². The van der Waals surface area contributed by atoms with E-state index in [1.165, 1.54) is 0 Å². The molecule has 1 N–H and O–H groups in total. The summed E-state index contributed by atoms with van der Waals surface area (Å²) in [5.41, 5.74) is 1.04. The lowest BCUT2D eigenvalue weighted by Crippen LogP contribution is -2.07. The topological polar surface area (TPSA) is 30.5 Å². The Hall–Kier alpha value is -2.26. The van der Waals surface area contributed by atoms with Gasteiger partial charge in [-0.05, 0) is 32.2 Å². The quantitative estimate of drug-likeness (QED) is 0.785. The molecule has 0 heterocycles. The van der Waals surface area contributed by atoms with Gasteiger partial charge >= 0.3 is 0 Å². The molecule has 3 heteroatoms. The lowest BCUT2D eigenvalue weighted by molar-refractivity contribution is 0.324. The van der Waals surface area contributed by atoms with Crippen molar-refractivity contribution in [3.8, 4) is 11.5 Å². The summed E-state index contributed by atoms with van der Waals surface area (Å²) in [4.78, 5) is 0. The van der Waals surface area contributed by atoms with Gasteiger partial charge in [0.15, 0.2) is 11.5 Å². The molecule has 0 aliphatic rings. The number of benzene rings is 2. The third-order valence-electron chi connectivity index (χ3n) is 2.92. The monoisotopic (exact) mass is 283 g/mol. The number of nitrogens with one attached hydrogen (secondary N) is 1. The molecule has 21 heavy (non-hydrogen) atoms. The minimum absolute atomic E-state index is 0.612. The van der Waals surface area contributed by atoms with E-state index < -0.39 is 0 Å². The van der Waals surface area contributed by atoms with E-state index in [1.807, 2.05) is 74.6 Å². The Labute approximate surface area is 126 Å². The van der Waals surface area contributed by atoms with Crippen LogP contribution in [-0.2, 0) is 0 Å². The Morgan fingerprint density at radius 1 is 1.00 bits per heavy atom. The predicted molar refractivity (Wildman–Crippen MR) is 86.6 cm³/mol. The highest BCUT2D eigenvalue weighted by Crippen LogP contribution is 2.30. The third kappa shape index (κ3) is 4.36. The number of likely N-dealkylation sites (N-methyl/N-ethyl adjacent to an activating group) is 1. The number of hydrogen-bond donors (Lipinski definition) is 1. The highest BCUT2D eigenvalue weighted by molar-refractivity contribution is 5.63. The first-order chi connectivity index (χ1) is 10.3. The average molecular weight is 283 g/mol. The normalized spacial score (nSPS) is 11.2. The lowest BCUT2D eigenvalue weighted by Gasteiger charge is -2.14. The third-order valence-corrected chi connectivity index (χ3v) is 2.92. The fraction of sp³-hybridized carbons (Fsp3) is 0.222. The zero-order valence-corrected chi connectivity index (χ0v) is 12.5. The second kappa shape index (κ2) is 8.12. The van der Waals surface area contributed by atoms with Crippen LogP contribution in [0.5, 0.6) is 11.5 Å². The first kappa shape index (κ1) is 15.1. The highest BCUT2D eigenvalue weighted by Gasteiger charge is 2.08. The highest BCUT2D eigenvalue weighted by atomic mass is 16.5. The summed E-state index contributed by atoms with van der Waals surface area (Å²) in [6.45, 7) is 3.31. The Morgan fingerprint density at radius 2 is 1.67 bits per heavy atom. The van der Waals surface area contributed by atoms with Gasteiger partial charge in [0.05, 0.1) is 6.61 Å². The van der Waals surface area contributed by atoms with Gasteiger partial charge < -0.3 is 14.8 Å². The number of para-hydroxylation sites is 2. The molecule has 110 valence electrons. The van der Waals surface area contributed by atoms with Crippen LogP contribution in [0.4, 0.5) is 0 Å². The largest absolute Gasteiger partial charge is 0.490 e. The van der Waals surface area contributed by atoms with Gasteiger partial charge in [0, 0.05) is 12.1 Å². The smallest absolute Gasteiger partial charge is 0.169 e. The first-order valence-corrected chi connectivity index (χ1v) is 7.15. The van der Waals surface area contributed by atoms with Crippen LogP contribution in [0.3, 0.4) is 0 Å². The Balaban J connectivity index is 2.28. The van der Waals surface area contributed by atoms with Crippen molar-refractivity contribution in [3.63, 3.8) is 0 Å². The van der Waals surface area contributed by atoms with Crippen LogP contribution in [0.1, 0.15) is 12.5 Å². The van der Waals surface area contributed by atoms with Crippen molar-refractivity contribution in [1.82, 2.24) is 5.32 Å². The molecular formula is C18H21NO2. The molecule has 0 aromatic heterocycles. The second-order valence-electron chi connectivity index (χ2n) is 4.47. The van der Waals surface area contributed by atoms with Crippen LogP contribution in [0.15, 0.2) is 60.7 Å². The maximum absolute atomic E-state index is 6.08. The van der Waals surface area contributed by atoms with Crippen LogP contribution in [0.25, 0.3) is 5.76 Å². The molecule has 2 aromatic rings. The van der Waals surface area contributed by atoms with Crippen LogP contribution in [0.2, 0.25) is 0 Å². The van der Waals surface area contributed by atoms with Crippen LogP contribution < -0.4 is 14.8 Å². The fourth-order valence-corrected chi connectivity index (χ4v) is 1.94. The van der Waals surface area contributed by atoms with Crippen molar-refractivity contribution in [2.24, 2.45) is 0 Å². The van der Waals surface area contributed by atoms with Crippen molar-refractivity contribution in [1.29, 1.82) is 0 Å². The number of ether oxygens (including phenoxy) is 2. The molecular weight excluding hydrogens is 262 g/mol. The van der Waals surface area contributed by atoms with E-state index in [1.54, 1.807) is 0 Å². The molecule has 0 radical (unpaired) electrons. The molecule has 0 bridgehead atoms. The molecule has 3 nitrogen and oxygen atoms in total. The maximum atomic E-state index is 6.08. The standard InChI is InChI=1S/C18H21NO2/c1-3-20-17-11-7-8-12-18(17)21-16(13-14-19-2)15-9-5-4-6-10-15/h4-13,19H,3,14H2,1-2H3/b16-13-. The SMILES string of the molecule is CCOc1ccccc1O/C(=C\CNC)c1ccccc1. The molecule has 2 rings (SSSR count). The zero-order chi connectivity index (χ0) is 14.9. The molecule has 0 unspecified atom stereocenters. The Morgan fingerprint density at radius 3 is 2.33 bits per heavy atom. The fourth-order valence-electron chi connectivity index (χ4n) is 1.94. The van der Waals surface area contributed by atoms with E-state index in [-0.39, 0.29) is 0 Å². The van der Waals surface area contributed by atoms with E-state index >= 15 is 0 Å². The van der Waals surface area contributed by atoms with Gasteiger partial charge in [-0.2, -0.15) is 0 Å². The molecule has 0 fully saturated rings. The summed E-state index contributed by atoms with van der Waals surface area (Å²) in [7, 11) is 1.91. The van der Waals surface area contributed by atoms with Crippen LogP contribution in [0, 0.1) is 0 Å². The van der Waals surface area contributed by atoms with E-state index in [4.69, 9.17) is 9.47 Å². The molecule has 0 atom stereocenters. The van der Waals surface area contributed by atoms with Crippen LogP contribution >= 0.6 is 0 Å². The van der Waals surface area contributed by atoms with Crippen molar-refractivity contribution in [2.45, 2.75) is 6.92 Å². The number of rotatable bonds is 7. The van der Waals surface area contributed by atoms with Crippen LogP contribution in [-0.4, -0.2) is 20.2 Å². The van der Waals surface area contributed by atoms with E-state index in [0.717, 1.165) is 29.4 Å². The molecule has 0 amide bonds. The van der Waals surface area contributed by atoms with Gasteiger partial charge in [-0.15, -0.1) is 0 Å². The van der Waals surface area contributed by atoms with E-state index in [2.05, 4.69) is 5.32 Å². The summed E-state index contributed by atoms with van der Waals surface area (Å²) < 4.78 is 11.7. The minimum atomic E-state index is 0.612. The van der Waals surface area contributed by atoms with Crippen molar-refractivity contribution in [3.05, 3.63) is 66.2 Å². The predicted octanol–water partition coefficient (Wildman–Crippen LogP) is 3.72. The summed E-state index contributed by atoms with van der Waals surface area (Å²) in [5, 5.41) is 3.11.